The van der Waals surface area contributed by atoms with Gasteiger partial charge in [0.15, 0.2) is 0 Å². The van der Waals surface area contributed by atoms with Gasteiger partial charge < -0.3 is 14.2 Å². The standard InChI is InChI=1S/C27H30O5S/c1-17-12-18(2)23(19(3)13-17)24-21(32-26(29)27(4,15-30-5)16-31-6)14-22(33-25(24)28)20-10-8-7-9-11-20/h7-14H,15-16H2,1-6H3. The van der Waals surface area contributed by atoms with Crippen LogP contribution in [-0.2, 0) is 14.3 Å². The lowest BCUT2D eigenvalue weighted by Gasteiger charge is -2.26. The quantitative estimate of drug-likeness (QED) is 0.406. The Bertz CT molecular complexity index is 1170. The van der Waals surface area contributed by atoms with Gasteiger partial charge in [-0.2, -0.15) is 0 Å². The van der Waals surface area contributed by atoms with Crippen molar-refractivity contribution in [2.75, 3.05) is 27.4 Å². The molecule has 3 rings (SSSR count). The summed E-state index contributed by atoms with van der Waals surface area (Å²) in [6.45, 7) is 7.94. The first-order chi connectivity index (χ1) is 15.7. The molecule has 0 atom stereocenters. The molecule has 0 saturated heterocycles. The first kappa shape index (κ1) is 24.8. The molecule has 0 fully saturated rings. The third kappa shape index (κ3) is 5.41. The molecule has 1 aromatic heterocycles. The Hall–Kier alpha value is -2.80. The van der Waals surface area contributed by atoms with E-state index in [0.717, 1.165) is 44.0 Å². The normalized spacial score (nSPS) is 11.5. The fourth-order valence-electron chi connectivity index (χ4n) is 4.12. The van der Waals surface area contributed by atoms with Crippen molar-refractivity contribution in [3.63, 3.8) is 0 Å². The van der Waals surface area contributed by atoms with Gasteiger partial charge in [-0.1, -0.05) is 59.4 Å². The highest BCUT2D eigenvalue weighted by Crippen LogP contribution is 2.38. The molecule has 1 heterocycles. The predicted molar refractivity (Wildman–Crippen MR) is 133 cm³/mol. The van der Waals surface area contributed by atoms with E-state index in [1.165, 1.54) is 14.2 Å². The summed E-state index contributed by atoms with van der Waals surface area (Å²) in [5.41, 5.74) is 4.09. The van der Waals surface area contributed by atoms with E-state index in [1.54, 1.807) is 13.0 Å². The van der Waals surface area contributed by atoms with Gasteiger partial charge in [-0.05, 0) is 56.0 Å². The van der Waals surface area contributed by atoms with Gasteiger partial charge in [0.1, 0.15) is 11.2 Å². The van der Waals surface area contributed by atoms with E-state index in [-0.39, 0.29) is 23.7 Å². The number of aryl methyl sites for hydroxylation is 3. The highest BCUT2D eigenvalue weighted by molar-refractivity contribution is 7.13. The lowest BCUT2D eigenvalue weighted by molar-refractivity contribution is -0.151. The molecule has 0 spiro atoms. The summed E-state index contributed by atoms with van der Waals surface area (Å²) in [7, 11) is 3.05. The summed E-state index contributed by atoms with van der Waals surface area (Å²) < 4.78 is 16.3. The second kappa shape index (κ2) is 10.4. The minimum atomic E-state index is -1.02. The number of benzene rings is 2. The van der Waals surface area contributed by atoms with E-state index in [0.29, 0.717) is 5.56 Å². The van der Waals surface area contributed by atoms with Gasteiger partial charge in [0.05, 0.1) is 18.8 Å². The zero-order valence-corrected chi connectivity index (χ0v) is 20.8. The van der Waals surface area contributed by atoms with Gasteiger partial charge in [0, 0.05) is 19.1 Å². The summed E-state index contributed by atoms with van der Waals surface area (Å²) >= 11 is 1.15. The van der Waals surface area contributed by atoms with Crippen molar-refractivity contribution in [2.45, 2.75) is 27.7 Å². The zero-order valence-electron chi connectivity index (χ0n) is 20.0. The molecule has 3 aromatic rings. The molecule has 0 aliphatic rings. The molecule has 0 saturated carbocycles. The molecule has 0 bridgehead atoms. The van der Waals surface area contributed by atoms with Crippen LogP contribution in [0.2, 0.25) is 0 Å². The second-order valence-electron chi connectivity index (χ2n) is 8.59. The van der Waals surface area contributed by atoms with E-state index in [9.17, 15) is 9.59 Å². The molecule has 0 amide bonds. The summed E-state index contributed by atoms with van der Waals surface area (Å²) in [6, 6.07) is 15.4. The molecule has 0 radical (unpaired) electrons. The number of ether oxygens (including phenoxy) is 3. The molecule has 0 unspecified atom stereocenters. The fourth-order valence-corrected chi connectivity index (χ4v) is 5.04. The van der Waals surface area contributed by atoms with Gasteiger partial charge in [-0.15, -0.1) is 0 Å². The lowest BCUT2D eigenvalue weighted by atomic mass is 9.92. The van der Waals surface area contributed by atoms with Crippen LogP contribution in [0, 0.1) is 26.2 Å². The molecule has 33 heavy (non-hydrogen) atoms. The first-order valence-corrected chi connectivity index (χ1v) is 11.5. The highest BCUT2D eigenvalue weighted by atomic mass is 32.1. The Morgan fingerprint density at radius 2 is 1.48 bits per heavy atom. The Labute approximate surface area is 199 Å². The third-order valence-corrected chi connectivity index (χ3v) is 6.48. The second-order valence-corrected chi connectivity index (χ2v) is 9.61. The Kier molecular flexibility index (Phi) is 7.84. The lowest BCUT2D eigenvalue weighted by Crippen LogP contribution is -2.40. The molecule has 0 aliphatic heterocycles. The van der Waals surface area contributed by atoms with Crippen LogP contribution in [-0.4, -0.2) is 33.4 Å². The number of methoxy groups -OCH3 is 2. The third-order valence-electron chi connectivity index (χ3n) is 5.52. The average molecular weight is 467 g/mol. The summed E-state index contributed by atoms with van der Waals surface area (Å²) in [6.07, 6.45) is 0. The Morgan fingerprint density at radius 3 is 2.03 bits per heavy atom. The summed E-state index contributed by atoms with van der Waals surface area (Å²) in [4.78, 5) is 27.5. The van der Waals surface area contributed by atoms with E-state index >= 15 is 0 Å². The molecular weight excluding hydrogens is 436 g/mol. The van der Waals surface area contributed by atoms with Crippen molar-refractivity contribution in [1.82, 2.24) is 0 Å². The molecule has 5 nitrogen and oxygen atoms in total. The van der Waals surface area contributed by atoms with Crippen LogP contribution in [0.3, 0.4) is 0 Å². The molecule has 174 valence electrons. The Balaban J connectivity index is 2.22. The maximum atomic E-state index is 13.5. The van der Waals surface area contributed by atoms with Crippen molar-refractivity contribution in [2.24, 2.45) is 5.41 Å². The van der Waals surface area contributed by atoms with E-state index in [2.05, 4.69) is 0 Å². The average Bonchev–Trinajstić information content (AvgIpc) is 2.75. The van der Waals surface area contributed by atoms with Crippen LogP contribution < -0.4 is 9.48 Å². The molecule has 6 heteroatoms. The van der Waals surface area contributed by atoms with Crippen LogP contribution >= 0.6 is 11.3 Å². The van der Waals surface area contributed by atoms with Crippen molar-refractivity contribution >= 4 is 17.3 Å². The van der Waals surface area contributed by atoms with Gasteiger partial charge in [0.25, 0.3) is 0 Å². The minimum Gasteiger partial charge on any atom is -0.425 e. The first-order valence-electron chi connectivity index (χ1n) is 10.7. The smallest absolute Gasteiger partial charge is 0.321 e. The number of rotatable bonds is 8. The van der Waals surface area contributed by atoms with Crippen molar-refractivity contribution in [3.05, 3.63) is 74.8 Å². The maximum absolute atomic E-state index is 13.5. The van der Waals surface area contributed by atoms with Gasteiger partial charge in [0.2, 0.25) is 4.74 Å². The Morgan fingerprint density at radius 1 is 0.909 bits per heavy atom. The fraction of sp³-hybridized carbons (Fsp3) is 0.333. The summed E-state index contributed by atoms with van der Waals surface area (Å²) in [5.74, 6) is -0.263. The van der Waals surface area contributed by atoms with Crippen molar-refractivity contribution < 1.29 is 19.0 Å². The number of hydrogen-bond donors (Lipinski definition) is 0. The number of esters is 1. The molecular formula is C27H30O5S. The van der Waals surface area contributed by atoms with Crippen LogP contribution in [0.1, 0.15) is 23.6 Å². The van der Waals surface area contributed by atoms with E-state index in [4.69, 9.17) is 14.2 Å². The maximum Gasteiger partial charge on any atom is 0.321 e. The van der Waals surface area contributed by atoms with Crippen molar-refractivity contribution in [3.8, 4) is 27.3 Å². The topological polar surface area (TPSA) is 61.8 Å². The number of hydrogen-bond acceptors (Lipinski definition) is 6. The number of carbonyl (C=O) groups is 1. The van der Waals surface area contributed by atoms with Crippen LogP contribution in [0.5, 0.6) is 5.75 Å². The molecule has 2 aromatic carbocycles. The minimum absolute atomic E-state index is 0.128. The molecule has 0 N–H and O–H groups in total. The SMILES string of the molecule is COCC(C)(COC)C(=O)Oc1cc(-c2ccccc2)sc(=O)c1-c1c(C)cc(C)cc1C. The van der Waals surface area contributed by atoms with E-state index < -0.39 is 11.4 Å². The van der Waals surface area contributed by atoms with Crippen LogP contribution in [0.25, 0.3) is 21.6 Å². The monoisotopic (exact) mass is 466 g/mol. The van der Waals surface area contributed by atoms with Gasteiger partial charge in [-0.25, -0.2) is 0 Å². The van der Waals surface area contributed by atoms with Crippen LogP contribution in [0.15, 0.2) is 53.3 Å². The number of carbonyl (C=O) groups excluding carboxylic acids is 1. The highest BCUT2D eigenvalue weighted by Gasteiger charge is 2.36. The summed E-state index contributed by atoms with van der Waals surface area (Å²) in [5, 5.41) is 0. The van der Waals surface area contributed by atoms with Crippen molar-refractivity contribution in [1.29, 1.82) is 0 Å². The zero-order chi connectivity index (χ0) is 24.2. The molecule has 0 aliphatic carbocycles. The predicted octanol–water partition coefficient (Wildman–Crippen LogP) is 5.57. The van der Waals surface area contributed by atoms with E-state index in [1.807, 2.05) is 63.2 Å². The van der Waals surface area contributed by atoms with Gasteiger partial charge in [-0.3, -0.25) is 9.59 Å². The van der Waals surface area contributed by atoms with Gasteiger partial charge >= 0.3 is 5.97 Å². The largest absolute Gasteiger partial charge is 0.425 e. The van der Waals surface area contributed by atoms with Crippen LogP contribution in [0.4, 0.5) is 0 Å².